The molecular weight excluding hydrogens is 276 g/mol. The first kappa shape index (κ1) is 11.9. The van der Waals surface area contributed by atoms with E-state index in [0.29, 0.717) is 5.39 Å². The van der Waals surface area contributed by atoms with E-state index < -0.39 is 0 Å². The number of H-pyrrole nitrogens is 1. The molecule has 0 aliphatic heterocycles. The number of nitrogens with zero attached hydrogens (tertiary/aromatic N) is 3. The fourth-order valence-electron chi connectivity index (χ4n) is 3.43. The maximum absolute atomic E-state index is 13.1. The van der Waals surface area contributed by atoms with Gasteiger partial charge in [-0.1, -0.05) is 18.2 Å². The van der Waals surface area contributed by atoms with Crippen LogP contribution in [0.1, 0.15) is 25.3 Å². The van der Waals surface area contributed by atoms with Crippen molar-refractivity contribution in [2.75, 3.05) is 0 Å². The molecule has 0 bridgehead atoms. The highest BCUT2D eigenvalue weighted by Gasteiger charge is 2.24. The average Bonchev–Trinajstić information content (AvgIpc) is 2.90. The second kappa shape index (κ2) is 4.16. The molecule has 1 fully saturated rings. The van der Waals surface area contributed by atoms with Crippen molar-refractivity contribution in [1.82, 2.24) is 19.7 Å². The zero-order valence-electron chi connectivity index (χ0n) is 11.9. The van der Waals surface area contributed by atoms with Crippen LogP contribution in [-0.4, -0.2) is 19.7 Å². The van der Waals surface area contributed by atoms with E-state index in [4.69, 9.17) is 0 Å². The minimum Gasteiger partial charge on any atom is -0.347 e. The fraction of sp³-hybridized carbons (Fsp3) is 0.235. The number of aromatic amines is 1. The van der Waals surface area contributed by atoms with Crippen LogP contribution in [0.15, 0.2) is 41.3 Å². The lowest BCUT2D eigenvalue weighted by atomic mass is 9.93. The van der Waals surface area contributed by atoms with Gasteiger partial charge in [0, 0.05) is 23.0 Å². The second-order valence-electron chi connectivity index (χ2n) is 5.94. The summed E-state index contributed by atoms with van der Waals surface area (Å²) in [7, 11) is 0. The topological polar surface area (TPSA) is 63.6 Å². The normalized spacial score (nSPS) is 15.6. The van der Waals surface area contributed by atoms with E-state index in [1.165, 1.54) is 6.42 Å². The minimum absolute atomic E-state index is 0.0575. The molecule has 5 heteroatoms. The number of benzene rings is 1. The number of aromatic nitrogens is 4. The summed E-state index contributed by atoms with van der Waals surface area (Å²) in [4.78, 5) is 16.4. The van der Waals surface area contributed by atoms with Gasteiger partial charge in [-0.3, -0.25) is 9.36 Å². The lowest BCUT2D eigenvalue weighted by molar-refractivity contribution is 0.314. The number of rotatable bonds is 1. The smallest absolute Gasteiger partial charge is 0.260 e. The lowest BCUT2D eigenvalue weighted by Gasteiger charge is -2.27. The summed E-state index contributed by atoms with van der Waals surface area (Å²) in [6, 6.07) is 9.87. The van der Waals surface area contributed by atoms with Crippen molar-refractivity contribution in [2.45, 2.75) is 25.3 Å². The average molecular weight is 290 g/mol. The van der Waals surface area contributed by atoms with Crippen molar-refractivity contribution in [3.8, 4) is 0 Å². The Bertz CT molecular complexity index is 1090. The molecule has 5 nitrogen and oxygen atoms in total. The van der Waals surface area contributed by atoms with Gasteiger partial charge in [-0.2, -0.15) is 0 Å². The van der Waals surface area contributed by atoms with E-state index in [2.05, 4.69) is 15.2 Å². The summed E-state index contributed by atoms with van der Waals surface area (Å²) in [6.45, 7) is 0. The van der Waals surface area contributed by atoms with E-state index in [1.807, 2.05) is 41.1 Å². The molecule has 0 saturated heterocycles. The Morgan fingerprint density at radius 3 is 2.68 bits per heavy atom. The van der Waals surface area contributed by atoms with E-state index >= 15 is 0 Å². The van der Waals surface area contributed by atoms with Gasteiger partial charge < -0.3 is 4.98 Å². The predicted molar refractivity (Wildman–Crippen MR) is 86.0 cm³/mol. The van der Waals surface area contributed by atoms with E-state index in [9.17, 15) is 4.79 Å². The molecule has 1 N–H and O–H groups in total. The zero-order chi connectivity index (χ0) is 14.7. The molecule has 3 aromatic heterocycles. The number of nitrogens with one attached hydrogen (secondary N) is 1. The molecule has 0 spiro atoms. The minimum atomic E-state index is 0.0575. The molecule has 1 aliphatic rings. The molecule has 0 radical (unpaired) electrons. The highest BCUT2D eigenvalue weighted by Crippen LogP contribution is 2.34. The number of fused-ring (bicyclic) bond motifs is 2. The van der Waals surface area contributed by atoms with Crippen LogP contribution in [0, 0.1) is 0 Å². The first-order valence-corrected chi connectivity index (χ1v) is 7.61. The van der Waals surface area contributed by atoms with Crippen LogP contribution in [0.4, 0.5) is 0 Å². The van der Waals surface area contributed by atoms with Crippen LogP contribution < -0.4 is 5.56 Å². The van der Waals surface area contributed by atoms with E-state index in [-0.39, 0.29) is 11.6 Å². The zero-order valence-corrected chi connectivity index (χ0v) is 11.9. The first-order valence-electron chi connectivity index (χ1n) is 7.61. The number of hydrogen-bond acceptors (Lipinski definition) is 3. The van der Waals surface area contributed by atoms with Crippen molar-refractivity contribution in [3.63, 3.8) is 0 Å². The maximum Gasteiger partial charge on any atom is 0.260 e. The first-order chi connectivity index (χ1) is 10.8. The van der Waals surface area contributed by atoms with Gasteiger partial charge in [0.15, 0.2) is 0 Å². The second-order valence-corrected chi connectivity index (χ2v) is 5.94. The van der Waals surface area contributed by atoms with Gasteiger partial charge in [-0.15, -0.1) is 10.2 Å². The largest absolute Gasteiger partial charge is 0.347 e. The molecule has 22 heavy (non-hydrogen) atoms. The van der Waals surface area contributed by atoms with Crippen molar-refractivity contribution in [1.29, 1.82) is 0 Å². The maximum atomic E-state index is 13.1. The monoisotopic (exact) mass is 290 g/mol. The van der Waals surface area contributed by atoms with Crippen LogP contribution in [0.5, 0.6) is 0 Å². The Labute approximate surface area is 125 Å². The number of hydrogen-bond donors (Lipinski definition) is 1. The third-order valence-corrected chi connectivity index (χ3v) is 4.76. The third-order valence-electron chi connectivity index (χ3n) is 4.76. The fourth-order valence-corrected chi connectivity index (χ4v) is 3.43. The van der Waals surface area contributed by atoms with Gasteiger partial charge in [-0.25, -0.2) is 0 Å². The summed E-state index contributed by atoms with van der Waals surface area (Å²) >= 11 is 0. The Morgan fingerprint density at radius 1 is 1.09 bits per heavy atom. The Kier molecular flexibility index (Phi) is 2.25. The molecule has 5 rings (SSSR count). The molecule has 1 aromatic carbocycles. The van der Waals surface area contributed by atoms with Gasteiger partial charge in [0.05, 0.1) is 5.39 Å². The van der Waals surface area contributed by atoms with Crippen molar-refractivity contribution >= 4 is 32.8 Å². The highest BCUT2D eigenvalue weighted by atomic mass is 16.1. The summed E-state index contributed by atoms with van der Waals surface area (Å²) in [6.07, 6.45) is 5.12. The Hall–Kier alpha value is -2.69. The van der Waals surface area contributed by atoms with E-state index in [0.717, 1.165) is 40.3 Å². The molecule has 1 aliphatic carbocycles. The van der Waals surface area contributed by atoms with E-state index in [1.54, 1.807) is 0 Å². The molecular formula is C17H14N4O. The van der Waals surface area contributed by atoms with Crippen molar-refractivity contribution in [3.05, 3.63) is 46.9 Å². The molecule has 0 unspecified atom stereocenters. The summed E-state index contributed by atoms with van der Waals surface area (Å²) < 4.78 is 1.92. The van der Waals surface area contributed by atoms with Crippen LogP contribution in [0.3, 0.4) is 0 Å². The predicted octanol–water partition coefficient (Wildman–Crippen LogP) is 3.15. The standard InChI is InChI=1S/C17H14N4O/c22-17-12-7-2-1-6-11(12)15-14-13(19-20-15)8-9-18-16(14)21(17)10-4-3-5-10/h1-2,6-10,18H,3-5H2. The summed E-state index contributed by atoms with van der Waals surface area (Å²) in [5.41, 5.74) is 2.52. The van der Waals surface area contributed by atoms with Gasteiger partial charge >= 0.3 is 0 Å². The van der Waals surface area contributed by atoms with Crippen LogP contribution >= 0.6 is 0 Å². The van der Waals surface area contributed by atoms with Gasteiger partial charge in [-0.05, 0) is 31.4 Å². The van der Waals surface area contributed by atoms with Crippen molar-refractivity contribution in [2.24, 2.45) is 0 Å². The summed E-state index contributed by atoms with van der Waals surface area (Å²) in [5.74, 6) is 0. The Balaban J connectivity index is 2.16. The van der Waals surface area contributed by atoms with Crippen LogP contribution in [-0.2, 0) is 0 Å². The van der Waals surface area contributed by atoms with Gasteiger partial charge in [0.1, 0.15) is 16.7 Å². The third kappa shape index (κ3) is 1.40. The number of pyridine rings is 1. The highest BCUT2D eigenvalue weighted by molar-refractivity contribution is 6.14. The Morgan fingerprint density at radius 2 is 1.91 bits per heavy atom. The quantitative estimate of drug-likeness (QED) is 0.585. The van der Waals surface area contributed by atoms with Gasteiger partial charge in [0.25, 0.3) is 5.56 Å². The molecule has 1 saturated carbocycles. The lowest BCUT2D eigenvalue weighted by Crippen LogP contribution is -2.28. The van der Waals surface area contributed by atoms with Crippen LogP contribution in [0.2, 0.25) is 0 Å². The van der Waals surface area contributed by atoms with Crippen molar-refractivity contribution < 1.29 is 0 Å². The van der Waals surface area contributed by atoms with Gasteiger partial charge in [0.2, 0.25) is 0 Å². The summed E-state index contributed by atoms with van der Waals surface area (Å²) in [5, 5.41) is 11.2. The molecule has 108 valence electrons. The molecule has 0 amide bonds. The molecule has 4 aromatic rings. The SMILES string of the molecule is O=c1c2ccccc2c2nnc3cc[nH]c(c32)n1C1CCC1. The van der Waals surface area contributed by atoms with Crippen LogP contribution in [0.25, 0.3) is 32.8 Å². The molecule has 0 atom stereocenters. The molecule has 3 heterocycles.